The average Bonchev–Trinajstić information content (AvgIpc) is 2.81. The van der Waals surface area contributed by atoms with Crippen LogP contribution in [0.1, 0.15) is 24.1 Å². The topological polar surface area (TPSA) is 45.0 Å². The molecule has 0 aliphatic carbocycles. The first-order chi connectivity index (χ1) is 10.2. The maximum atomic E-state index is 6.17. The van der Waals surface area contributed by atoms with Gasteiger partial charge in [-0.2, -0.15) is 0 Å². The molecule has 0 saturated carbocycles. The number of fused-ring (bicyclic) bond motifs is 1. The van der Waals surface area contributed by atoms with E-state index in [0.717, 1.165) is 44.0 Å². The Hall–Kier alpha value is -1.29. The fraction of sp³-hybridized carbons (Fsp3) is 0.412. The van der Waals surface area contributed by atoms with Crippen LogP contribution < -0.4 is 5.73 Å². The van der Waals surface area contributed by atoms with Crippen LogP contribution in [0.2, 0.25) is 5.02 Å². The molecule has 3 rings (SSSR count). The maximum Gasteiger partial charge on any atom is 0.0463 e. The Bertz CT molecular complexity index is 672. The number of nitrogens with zero attached hydrogens (tertiary/aromatic N) is 1. The van der Waals surface area contributed by atoms with Crippen molar-refractivity contribution in [2.75, 3.05) is 26.2 Å². The van der Waals surface area contributed by atoms with Crippen molar-refractivity contribution in [3.8, 4) is 0 Å². The van der Waals surface area contributed by atoms with Crippen LogP contribution in [0.5, 0.6) is 0 Å². The first-order valence-corrected chi connectivity index (χ1v) is 7.96. The molecule has 1 aliphatic rings. The van der Waals surface area contributed by atoms with E-state index in [9.17, 15) is 0 Å². The van der Waals surface area contributed by atoms with Gasteiger partial charge in [0.25, 0.3) is 0 Å². The molecule has 0 amide bonds. The Balaban J connectivity index is 1.89. The third-order valence-electron chi connectivity index (χ3n) is 4.24. The van der Waals surface area contributed by atoms with E-state index in [0.29, 0.717) is 0 Å². The Morgan fingerprint density at radius 3 is 2.95 bits per heavy atom. The van der Waals surface area contributed by atoms with E-state index >= 15 is 0 Å². The number of aryl methyl sites for hydroxylation is 1. The van der Waals surface area contributed by atoms with Gasteiger partial charge >= 0.3 is 0 Å². The summed E-state index contributed by atoms with van der Waals surface area (Å²) in [5, 5.41) is 2.03. The number of aromatic amines is 1. The molecule has 112 valence electrons. The summed E-state index contributed by atoms with van der Waals surface area (Å²) < 4.78 is 0. The fourth-order valence-corrected chi connectivity index (χ4v) is 3.34. The number of rotatable bonds is 4. The van der Waals surface area contributed by atoms with Crippen molar-refractivity contribution in [2.45, 2.75) is 19.8 Å². The van der Waals surface area contributed by atoms with Gasteiger partial charge in [-0.05, 0) is 56.6 Å². The smallest absolute Gasteiger partial charge is 0.0463 e. The van der Waals surface area contributed by atoms with Crippen molar-refractivity contribution in [1.29, 1.82) is 0 Å². The highest BCUT2D eigenvalue weighted by molar-refractivity contribution is 6.31. The zero-order valence-corrected chi connectivity index (χ0v) is 13.2. The largest absolute Gasteiger partial charge is 0.358 e. The lowest BCUT2D eigenvalue weighted by molar-refractivity contribution is 0.300. The van der Waals surface area contributed by atoms with Crippen LogP contribution in [0.4, 0.5) is 0 Å². The number of benzene rings is 1. The Morgan fingerprint density at radius 1 is 1.38 bits per heavy atom. The lowest BCUT2D eigenvalue weighted by Gasteiger charge is -2.26. The van der Waals surface area contributed by atoms with Crippen molar-refractivity contribution < 1.29 is 0 Å². The normalized spacial score (nSPS) is 16.4. The van der Waals surface area contributed by atoms with E-state index in [1.807, 2.05) is 6.07 Å². The van der Waals surface area contributed by atoms with Gasteiger partial charge < -0.3 is 10.7 Å². The predicted octanol–water partition coefficient (Wildman–Crippen LogP) is 3.57. The van der Waals surface area contributed by atoms with Gasteiger partial charge in [-0.25, -0.2) is 0 Å². The summed E-state index contributed by atoms with van der Waals surface area (Å²) in [7, 11) is 0. The molecule has 1 aromatic carbocycles. The molecule has 4 heteroatoms. The number of aromatic nitrogens is 1. The van der Waals surface area contributed by atoms with Crippen LogP contribution >= 0.6 is 11.6 Å². The molecule has 2 heterocycles. The van der Waals surface area contributed by atoms with Crippen LogP contribution in [0.3, 0.4) is 0 Å². The number of nitrogens with one attached hydrogen (secondary N) is 1. The monoisotopic (exact) mass is 303 g/mol. The van der Waals surface area contributed by atoms with Crippen molar-refractivity contribution in [3.05, 3.63) is 40.6 Å². The van der Waals surface area contributed by atoms with Crippen LogP contribution in [-0.2, 0) is 0 Å². The first kappa shape index (κ1) is 14.6. The van der Waals surface area contributed by atoms with Crippen molar-refractivity contribution in [1.82, 2.24) is 9.88 Å². The second-order valence-electron chi connectivity index (χ2n) is 5.74. The molecule has 0 fully saturated rings. The van der Waals surface area contributed by atoms with Crippen LogP contribution in [0.25, 0.3) is 16.5 Å². The molecule has 0 saturated heterocycles. The third-order valence-corrected chi connectivity index (χ3v) is 4.48. The van der Waals surface area contributed by atoms with Gasteiger partial charge in [0.1, 0.15) is 0 Å². The molecule has 0 atom stereocenters. The lowest BCUT2D eigenvalue weighted by Crippen LogP contribution is -2.30. The van der Waals surface area contributed by atoms with Crippen LogP contribution in [0, 0.1) is 6.92 Å². The number of hydrogen-bond donors (Lipinski definition) is 2. The zero-order valence-electron chi connectivity index (χ0n) is 12.5. The summed E-state index contributed by atoms with van der Waals surface area (Å²) in [6, 6.07) is 6.07. The SMILES string of the molecule is Cc1[nH]c2ccc(Cl)cc2c1C1=CCN(CCCN)CC1. The maximum absolute atomic E-state index is 6.17. The van der Waals surface area contributed by atoms with E-state index in [1.54, 1.807) is 0 Å². The Kier molecular flexibility index (Phi) is 4.34. The quantitative estimate of drug-likeness (QED) is 0.907. The molecule has 0 unspecified atom stereocenters. The highest BCUT2D eigenvalue weighted by Crippen LogP contribution is 2.33. The molecule has 0 radical (unpaired) electrons. The molecule has 0 bridgehead atoms. The van der Waals surface area contributed by atoms with Gasteiger partial charge in [0.2, 0.25) is 0 Å². The third kappa shape index (κ3) is 3.00. The highest BCUT2D eigenvalue weighted by atomic mass is 35.5. The first-order valence-electron chi connectivity index (χ1n) is 7.58. The summed E-state index contributed by atoms with van der Waals surface area (Å²) in [4.78, 5) is 5.93. The molecule has 1 aromatic heterocycles. The summed E-state index contributed by atoms with van der Waals surface area (Å²) in [5.74, 6) is 0. The average molecular weight is 304 g/mol. The molecular formula is C17H22ClN3. The second-order valence-corrected chi connectivity index (χ2v) is 6.17. The minimum Gasteiger partial charge on any atom is -0.358 e. The molecule has 21 heavy (non-hydrogen) atoms. The summed E-state index contributed by atoms with van der Waals surface area (Å²) in [6.45, 7) is 6.14. The van der Waals surface area contributed by atoms with E-state index in [1.165, 1.54) is 27.7 Å². The lowest BCUT2D eigenvalue weighted by atomic mass is 9.96. The van der Waals surface area contributed by atoms with Crippen molar-refractivity contribution >= 4 is 28.1 Å². The second kappa shape index (κ2) is 6.22. The Morgan fingerprint density at radius 2 is 2.24 bits per heavy atom. The number of hydrogen-bond acceptors (Lipinski definition) is 2. The van der Waals surface area contributed by atoms with Gasteiger partial charge in [-0.3, -0.25) is 4.90 Å². The summed E-state index contributed by atoms with van der Waals surface area (Å²) in [6.07, 6.45) is 4.52. The molecule has 3 nitrogen and oxygen atoms in total. The summed E-state index contributed by atoms with van der Waals surface area (Å²) >= 11 is 6.17. The number of H-pyrrole nitrogens is 1. The van der Waals surface area contributed by atoms with Gasteiger partial charge in [0, 0.05) is 40.3 Å². The van der Waals surface area contributed by atoms with Crippen molar-refractivity contribution in [2.24, 2.45) is 5.73 Å². The predicted molar refractivity (Wildman–Crippen MR) is 90.8 cm³/mol. The molecule has 0 spiro atoms. The molecule has 2 aromatic rings. The standard InChI is InChI=1S/C17H22ClN3/c1-12-17(15-11-14(18)3-4-16(15)20-12)13-5-9-21(10-6-13)8-2-7-19/h3-5,11,20H,2,6-10,19H2,1H3. The number of halogens is 1. The highest BCUT2D eigenvalue weighted by Gasteiger charge is 2.17. The van der Waals surface area contributed by atoms with E-state index in [-0.39, 0.29) is 0 Å². The fourth-order valence-electron chi connectivity index (χ4n) is 3.17. The molecular weight excluding hydrogens is 282 g/mol. The zero-order chi connectivity index (χ0) is 14.8. The molecule has 3 N–H and O–H groups in total. The van der Waals surface area contributed by atoms with Gasteiger partial charge in [-0.15, -0.1) is 0 Å². The van der Waals surface area contributed by atoms with Crippen molar-refractivity contribution in [3.63, 3.8) is 0 Å². The van der Waals surface area contributed by atoms with Gasteiger partial charge in [0.05, 0.1) is 0 Å². The van der Waals surface area contributed by atoms with Gasteiger partial charge in [0.15, 0.2) is 0 Å². The minimum atomic E-state index is 0.771. The van der Waals surface area contributed by atoms with E-state index in [2.05, 4.69) is 35.0 Å². The van der Waals surface area contributed by atoms with E-state index in [4.69, 9.17) is 17.3 Å². The minimum absolute atomic E-state index is 0.771. The van der Waals surface area contributed by atoms with Crippen LogP contribution in [0.15, 0.2) is 24.3 Å². The summed E-state index contributed by atoms with van der Waals surface area (Å²) in [5.41, 5.74) is 10.8. The number of nitrogens with two attached hydrogens (primary N) is 1. The van der Waals surface area contributed by atoms with Crippen LogP contribution in [-0.4, -0.2) is 36.1 Å². The van der Waals surface area contributed by atoms with E-state index < -0.39 is 0 Å². The van der Waals surface area contributed by atoms with Gasteiger partial charge in [-0.1, -0.05) is 17.7 Å². The Labute approximate surface area is 130 Å². The molecule has 1 aliphatic heterocycles.